The monoisotopic (exact) mass is 221 g/mol. The van der Waals surface area contributed by atoms with Crippen LogP contribution in [0.3, 0.4) is 0 Å². The molecular formula is C14H23NO. The Balaban J connectivity index is 2.14. The Labute approximate surface area is 99.0 Å². The van der Waals surface area contributed by atoms with Crippen molar-refractivity contribution in [2.45, 2.75) is 39.3 Å². The van der Waals surface area contributed by atoms with Crippen molar-refractivity contribution in [1.82, 2.24) is 5.32 Å². The lowest BCUT2D eigenvalue weighted by atomic mass is 10.1. The lowest BCUT2D eigenvalue weighted by Gasteiger charge is -2.14. The maximum absolute atomic E-state index is 5.77. The molecule has 1 unspecified atom stereocenters. The number of benzene rings is 1. The Hall–Kier alpha value is -0.860. The topological polar surface area (TPSA) is 21.3 Å². The predicted octanol–water partition coefficient (Wildman–Crippen LogP) is 3.15. The fourth-order valence-corrected chi connectivity index (χ4v) is 1.54. The molecule has 2 nitrogen and oxygen atoms in total. The van der Waals surface area contributed by atoms with Crippen LogP contribution in [0.25, 0.3) is 0 Å². The van der Waals surface area contributed by atoms with Crippen LogP contribution < -0.4 is 5.32 Å². The molecule has 0 aromatic heterocycles. The summed E-state index contributed by atoms with van der Waals surface area (Å²) in [6.07, 6.45) is 1.26. The van der Waals surface area contributed by atoms with Gasteiger partial charge in [-0.2, -0.15) is 0 Å². The van der Waals surface area contributed by atoms with Crippen LogP contribution in [0, 0.1) is 0 Å². The van der Waals surface area contributed by atoms with Crippen LogP contribution in [0.4, 0.5) is 0 Å². The molecule has 0 bridgehead atoms. The molecule has 16 heavy (non-hydrogen) atoms. The first-order chi connectivity index (χ1) is 7.70. The predicted molar refractivity (Wildman–Crippen MR) is 68.6 cm³/mol. The second-order valence-corrected chi connectivity index (χ2v) is 4.39. The van der Waals surface area contributed by atoms with Crippen LogP contribution in [0.1, 0.15) is 38.9 Å². The van der Waals surface area contributed by atoms with E-state index in [4.69, 9.17) is 4.74 Å². The minimum atomic E-state index is 0.195. The highest BCUT2D eigenvalue weighted by Gasteiger charge is 2.03. The van der Waals surface area contributed by atoms with E-state index in [1.165, 1.54) is 5.56 Å². The van der Waals surface area contributed by atoms with E-state index in [1.807, 2.05) is 6.07 Å². The van der Waals surface area contributed by atoms with Crippen molar-refractivity contribution >= 4 is 0 Å². The Bertz CT molecular complexity index is 271. The summed E-state index contributed by atoms with van der Waals surface area (Å²) in [7, 11) is 0. The SMILES string of the molecule is CC(C)NCCCOC(C)c1ccccc1. The highest BCUT2D eigenvalue weighted by molar-refractivity contribution is 5.16. The summed E-state index contributed by atoms with van der Waals surface area (Å²) in [4.78, 5) is 0. The average Bonchev–Trinajstić information content (AvgIpc) is 2.29. The summed E-state index contributed by atoms with van der Waals surface area (Å²) < 4.78 is 5.77. The molecule has 0 saturated carbocycles. The van der Waals surface area contributed by atoms with Gasteiger partial charge in [0.25, 0.3) is 0 Å². The summed E-state index contributed by atoms with van der Waals surface area (Å²) in [6.45, 7) is 8.26. The first-order valence-electron chi connectivity index (χ1n) is 6.10. The summed E-state index contributed by atoms with van der Waals surface area (Å²) in [5, 5.41) is 3.38. The van der Waals surface area contributed by atoms with Crippen molar-refractivity contribution in [2.75, 3.05) is 13.2 Å². The third kappa shape index (κ3) is 5.29. The van der Waals surface area contributed by atoms with E-state index in [2.05, 4.69) is 50.4 Å². The van der Waals surface area contributed by atoms with E-state index in [-0.39, 0.29) is 6.10 Å². The Kier molecular flexibility index (Phi) is 6.12. The average molecular weight is 221 g/mol. The van der Waals surface area contributed by atoms with E-state index < -0.39 is 0 Å². The highest BCUT2D eigenvalue weighted by Crippen LogP contribution is 2.15. The second-order valence-electron chi connectivity index (χ2n) is 4.39. The minimum absolute atomic E-state index is 0.195. The number of hydrogen-bond donors (Lipinski definition) is 1. The molecular weight excluding hydrogens is 198 g/mol. The molecule has 1 aromatic rings. The molecule has 0 amide bonds. The molecule has 0 saturated heterocycles. The molecule has 1 rings (SSSR count). The lowest BCUT2D eigenvalue weighted by Crippen LogP contribution is -2.24. The van der Waals surface area contributed by atoms with Crippen LogP contribution in [0.5, 0.6) is 0 Å². The molecule has 1 N–H and O–H groups in total. The van der Waals surface area contributed by atoms with E-state index in [1.54, 1.807) is 0 Å². The summed E-state index contributed by atoms with van der Waals surface area (Å²) in [5.41, 5.74) is 1.25. The van der Waals surface area contributed by atoms with E-state index in [0.29, 0.717) is 6.04 Å². The first-order valence-corrected chi connectivity index (χ1v) is 6.10. The zero-order chi connectivity index (χ0) is 11.8. The molecule has 1 aromatic carbocycles. The van der Waals surface area contributed by atoms with Crippen LogP contribution in [0.2, 0.25) is 0 Å². The first kappa shape index (κ1) is 13.2. The van der Waals surface area contributed by atoms with Gasteiger partial charge in [0.2, 0.25) is 0 Å². The van der Waals surface area contributed by atoms with Crippen LogP contribution in [0.15, 0.2) is 30.3 Å². The normalized spacial score (nSPS) is 13.0. The standard InChI is InChI=1S/C14H23NO/c1-12(2)15-10-7-11-16-13(3)14-8-5-4-6-9-14/h4-6,8-9,12-13,15H,7,10-11H2,1-3H3. The van der Waals surface area contributed by atoms with E-state index in [9.17, 15) is 0 Å². The van der Waals surface area contributed by atoms with Gasteiger partial charge in [0, 0.05) is 12.6 Å². The van der Waals surface area contributed by atoms with Crippen molar-refractivity contribution in [3.8, 4) is 0 Å². The quantitative estimate of drug-likeness (QED) is 0.714. The fourth-order valence-electron chi connectivity index (χ4n) is 1.54. The molecule has 2 heteroatoms. The van der Waals surface area contributed by atoms with Crippen LogP contribution in [-0.4, -0.2) is 19.2 Å². The zero-order valence-corrected chi connectivity index (χ0v) is 10.6. The maximum atomic E-state index is 5.77. The van der Waals surface area contributed by atoms with Crippen molar-refractivity contribution < 1.29 is 4.74 Å². The van der Waals surface area contributed by atoms with Crippen molar-refractivity contribution in [3.63, 3.8) is 0 Å². The van der Waals surface area contributed by atoms with Gasteiger partial charge in [0.15, 0.2) is 0 Å². The summed E-state index contributed by atoms with van der Waals surface area (Å²) in [5.74, 6) is 0. The Morgan fingerprint density at radius 3 is 2.44 bits per heavy atom. The minimum Gasteiger partial charge on any atom is -0.374 e. The molecule has 0 aliphatic heterocycles. The van der Waals surface area contributed by atoms with Crippen molar-refractivity contribution in [1.29, 1.82) is 0 Å². The van der Waals surface area contributed by atoms with Gasteiger partial charge in [-0.15, -0.1) is 0 Å². The second kappa shape index (κ2) is 7.42. The van der Waals surface area contributed by atoms with Gasteiger partial charge in [-0.3, -0.25) is 0 Å². The van der Waals surface area contributed by atoms with E-state index in [0.717, 1.165) is 19.6 Å². The number of rotatable bonds is 7. The lowest BCUT2D eigenvalue weighted by molar-refractivity contribution is 0.0639. The van der Waals surface area contributed by atoms with Gasteiger partial charge < -0.3 is 10.1 Å². The van der Waals surface area contributed by atoms with Crippen LogP contribution >= 0.6 is 0 Å². The molecule has 1 atom stereocenters. The third-order valence-corrected chi connectivity index (χ3v) is 2.51. The number of nitrogens with one attached hydrogen (secondary N) is 1. The summed E-state index contributed by atoms with van der Waals surface area (Å²) in [6, 6.07) is 10.9. The Morgan fingerprint density at radius 2 is 1.81 bits per heavy atom. The maximum Gasteiger partial charge on any atom is 0.0796 e. The molecule has 90 valence electrons. The van der Waals surface area contributed by atoms with Gasteiger partial charge in [-0.1, -0.05) is 44.2 Å². The van der Waals surface area contributed by atoms with Gasteiger partial charge in [-0.25, -0.2) is 0 Å². The smallest absolute Gasteiger partial charge is 0.0796 e. The molecule has 0 radical (unpaired) electrons. The van der Waals surface area contributed by atoms with Gasteiger partial charge in [-0.05, 0) is 25.5 Å². The molecule has 0 fully saturated rings. The van der Waals surface area contributed by atoms with E-state index >= 15 is 0 Å². The van der Waals surface area contributed by atoms with Gasteiger partial charge in [0.05, 0.1) is 6.10 Å². The van der Waals surface area contributed by atoms with Crippen molar-refractivity contribution in [2.24, 2.45) is 0 Å². The van der Waals surface area contributed by atoms with Gasteiger partial charge in [0.1, 0.15) is 0 Å². The fraction of sp³-hybridized carbons (Fsp3) is 0.571. The highest BCUT2D eigenvalue weighted by atomic mass is 16.5. The number of ether oxygens (including phenoxy) is 1. The van der Waals surface area contributed by atoms with Crippen LogP contribution in [-0.2, 0) is 4.74 Å². The Morgan fingerprint density at radius 1 is 1.12 bits per heavy atom. The third-order valence-electron chi connectivity index (χ3n) is 2.51. The molecule has 0 aliphatic rings. The van der Waals surface area contributed by atoms with Crippen molar-refractivity contribution in [3.05, 3.63) is 35.9 Å². The summed E-state index contributed by atoms with van der Waals surface area (Å²) >= 11 is 0. The zero-order valence-electron chi connectivity index (χ0n) is 10.6. The number of hydrogen-bond acceptors (Lipinski definition) is 2. The van der Waals surface area contributed by atoms with Gasteiger partial charge >= 0.3 is 0 Å². The molecule has 0 heterocycles. The molecule has 0 spiro atoms. The largest absolute Gasteiger partial charge is 0.374 e. The molecule has 0 aliphatic carbocycles.